The Morgan fingerprint density at radius 3 is 2.13 bits per heavy atom. The van der Waals surface area contributed by atoms with Gasteiger partial charge in [0.15, 0.2) is 5.78 Å². The number of rotatable bonds is 5. The summed E-state index contributed by atoms with van der Waals surface area (Å²) in [5.74, 6) is 0.194. The second-order valence-electron chi connectivity index (χ2n) is 5.71. The average molecular weight is 330 g/mol. The van der Waals surface area contributed by atoms with Gasteiger partial charge in [0, 0.05) is 36.6 Å². The molecule has 1 fully saturated rings. The van der Waals surface area contributed by atoms with Crippen molar-refractivity contribution >= 4 is 17.4 Å². The first-order valence-electron chi connectivity index (χ1n) is 7.92. The first kappa shape index (κ1) is 16.2. The first-order valence-corrected chi connectivity index (χ1v) is 8.29. The molecule has 0 N–H and O–H groups in total. The number of morpholine rings is 1. The second kappa shape index (κ2) is 7.73. The molecule has 2 aromatic rings. The Kier molecular flexibility index (Phi) is 5.44. The predicted octanol–water partition coefficient (Wildman–Crippen LogP) is 3.91. The van der Waals surface area contributed by atoms with Crippen molar-refractivity contribution in [1.82, 2.24) is 4.90 Å². The van der Waals surface area contributed by atoms with Gasteiger partial charge in [-0.3, -0.25) is 9.69 Å². The summed E-state index contributed by atoms with van der Waals surface area (Å²) in [7, 11) is 0. The third-order valence-corrected chi connectivity index (χ3v) is 4.40. The van der Waals surface area contributed by atoms with Gasteiger partial charge in [-0.2, -0.15) is 0 Å². The van der Waals surface area contributed by atoms with Crippen LogP contribution < -0.4 is 0 Å². The van der Waals surface area contributed by atoms with Gasteiger partial charge in [-0.05, 0) is 23.3 Å². The van der Waals surface area contributed by atoms with E-state index in [1.54, 1.807) is 0 Å². The molecule has 0 radical (unpaired) electrons. The highest BCUT2D eigenvalue weighted by Crippen LogP contribution is 2.22. The Morgan fingerprint density at radius 1 is 0.957 bits per heavy atom. The van der Waals surface area contributed by atoms with E-state index in [1.807, 2.05) is 48.5 Å². The van der Waals surface area contributed by atoms with Crippen molar-refractivity contribution in [3.63, 3.8) is 0 Å². The van der Waals surface area contributed by atoms with Gasteiger partial charge in [-0.25, -0.2) is 0 Å². The number of carbonyl (C=O) groups excluding carboxylic acids is 1. The molecule has 4 heteroatoms. The normalized spacial score (nSPS) is 15.5. The zero-order valence-electron chi connectivity index (χ0n) is 13.0. The number of carbonyl (C=O) groups is 1. The minimum Gasteiger partial charge on any atom is -0.379 e. The summed E-state index contributed by atoms with van der Waals surface area (Å²) in [4.78, 5) is 14.6. The Morgan fingerprint density at radius 2 is 1.52 bits per heavy atom. The Labute approximate surface area is 141 Å². The third kappa shape index (κ3) is 4.41. The zero-order chi connectivity index (χ0) is 16.1. The van der Waals surface area contributed by atoms with Crippen LogP contribution in [0.1, 0.15) is 16.8 Å². The molecule has 3 rings (SSSR count). The van der Waals surface area contributed by atoms with Crippen LogP contribution in [0.3, 0.4) is 0 Å². The summed E-state index contributed by atoms with van der Waals surface area (Å²) in [6.07, 6.45) is 0.556. The molecule has 2 aromatic carbocycles. The van der Waals surface area contributed by atoms with Crippen molar-refractivity contribution in [3.8, 4) is 11.1 Å². The van der Waals surface area contributed by atoms with Crippen molar-refractivity contribution in [3.05, 3.63) is 59.1 Å². The minimum absolute atomic E-state index is 0.194. The lowest BCUT2D eigenvalue weighted by atomic mass is 10.0. The number of hydrogen-bond donors (Lipinski definition) is 0. The lowest BCUT2D eigenvalue weighted by molar-refractivity contribution is 0.0370. The number of benzene rings is 2. The number of ether oxygens (including phenoxy) is 1. The molecule has 0 aliphatic carbocycles. The first-order chi connectivity index (χ1) is 11.2. The van der Waals surface area contributed by atoms with Crippen molar-refractivity contribution in [2.75, 3.05) is 32.8 Å². The molecule has 23 heavy (non-hydrogen) atoms. The summed E-state index contributed by atoms with van der Waals surface area (Å²) in [6.45, 7) is 4.18. The van der Waals surface area contributed by atoms with E-state index >= 15 is 0 Å². The highest BCUT2D eigenvalue weighted by atomic mass is 35.5. The molecule has 3 nitrogen and oxygen atoms in total. The number of Topliss-reactive ketones (excluding diaryl/α,β-unsaturated/α-hetero) is 1. The maximum Gasteiger partial charge on any atom is 0.164 e. The maximum absolute atomic E-state index is 12.3. The molecular formula is C19H20ClNO2. The van der Waals surface area contributed by atoms with Gasteiger partial charge in [-0.1, -0.05) is 48.0 Å². The monoisotopic (exact) mass is 329 g/mol. The highest BCUT2D eigenvalue weighted by molar-refractivity contribution is 6.30. The summed E-state index contributed by atoms with van der Waals surface area (Å²) < 4.78 is 5.32. The second-order valence-corrected chi connectivity index (χ2v) is 6.15. The van der Waals surface area contributed by atoms with Gasteiger partial charge in [0.05, 0.1) is 13.2 Å². The van der Waals surface area contributed by atoms with Crippen LogP contribution in [0.4, 0.5) is 0 Å². The fraction of sp³-hybridized carbons (Fsp3) is 0.316. The van der Waals surface area contributed by atoms with Gasteiger partial charge in [0.1, 0.15) is 0 Å². The van der Waals surface area contributed by atoms with Crippen molar-refractivity contribution in [2.24, 2.45) is 0 Å². The van der Waals surface area contributed by atoms with Crippen LogP contribution in [-0.2, 0) is 4.74 Å². The lowest BCUT2D eigenvalue weighted by Crippen LogP contribution is -2.37. The number of nitrogens with zero attached hydrogens (tertiary/aromatic N) is 1. The smallest absolute Gasteiger partial charge is 0.164 e. The molecule has 0 aromatic heterocycles. The third-order valence-electron chi connectivity index (χ3n) is 4.14. The number of hydrogen-bond acceptors (Lipinski definition) is 3. The molecule has 1 saturated heterocycles. The molecule has 1 aliphatic rings. The number of halogens is 1. The van der Waals surface area contributed by atoms with E-state index in [4.69, 9.17) is 16.3 Å². The van der Waals surface area contributed by atoms with Gasteiger partial charge in [0.2, 0.25) is 0 Å². The Balaban J connectivity index is 1.59. The van der Waals surface area contributed by atoms with E-state index in [-0.39, 0.29) is 5.78 Å². The van der Waals surface area contributed by atoms with E-state index < -0.39 is 0 Å². The van der Waals surface area contributed by atoms with Crippen LogP contribution in [0, 0.1) is 0 Å². The van der Waals surface area contributed by atoms with Gasteiger partial charge in [0.25, 0.3) is 0 Å². The molecule has 120 valence electrons. The largest absolute Gasteiger partial charge is 0.379 e. The summed E-state index contributed by atoms with van der Waals surface area (Å²) in [6, 6.07) is 15.5. The van der Waals surface area contributed by atoms with E-state index in [9.17, 15) is 4.79 Å². The Bertz CT molecular complexity index is 646. The highest BCUT2D eigenvalue weighted by Gasteiger charge is 2.13. The van der Waals surface area contributed by atoms with Crippen molar-refractivity contribution in [1.29, 1.82) is 0 Å². The average Bonchev–Trinajstić information content (AvgIpc) is 2.61. The molecule has 0 spiro atoms. The zero-order valence-corrected chi connectivity index (χ0v) is 13.8. The fourth-order valence-corrected chi connectivity index (χ4v) is 2.85. The SMILES string of the molecule is O=C(CCN1CCOCC1)c1ccc(-c2ccc(Cl)cc2)cc1. The van der Waals surface area contributed by atoms with Crippen molar-refractivity contribution in [2.45, 2.75) is 6.42 Å². The molecule has 0 bridgehead atoms. The lowest BCUT2D eigenvalue weighted by Gasteiger charge is -2.26. The summed E-state index contributed by atoms with van der Waals surface area (Å²) in [5, 5.41) is 0.726. The topological polar surface area (TPSA) is 29.5 Å². The molecule has 0 unspecified atom stereocenters. The summed E-state index contributed by atoms with van der Waals surface area (Å²) >= 11 is 5.91. The van der Waals surface area contributed by atoms with E-state index in [0.717, 1.165) is 54.6 Å². The molecule has 1 heterocycles. The van der Waals surface area contributed by atoms with Crippen LogP contribution in [0.2, 0.25) is 5.02 Å². The van der Waals surface area contributed by atoms with Crippen LogP contribution in [-0.4, -0.2) is 43.5 Å². The van der Waals surface area contributed by atoms with Crippen LogP contribution in [0.25, 0.3) is 11.1 Å². The quantitative estimate of drug-likeness (QED) is 0.779. The maximum atomic E-state index is 12.3. The van der Waals surface area contributed by atoms with Gasteiger partial charge < -0.3 is 4.74 Å². The van der Waals surface area contributed by atoms with E-state index in [2.05, 4.69) is 4.90 Å². The summed E-state index contributed by atoms with van der Waals surface area (Å²) in [5.41, 5.74) is 2.96. The predicted molar refractivity (Wildman–Crippen MR) is 93.1 cm³/mol. The molecule has 0 atom stereocenters. The van der Waals surface area contributed by atoms with Crippen LogP contribution in [0.15, 0.2) is 48.5 Å². The van der Waals surface area contributed by atoms with Gasteiger partial charge >= 0.3 is 0 Å². The van der Waals surface area contributed by atoms with Gasteiger partial charge in [-0.15, -0.1) is 0 Å². The molecule has 0 amide bonds. The molecule has 1 aliphatic heterocycles. The van der Waals surface area contributed by atoms with E-state index in [0.29, 0.717) is 6.42 Å². The van der Waals surface area contributed by atoms with Crippen LogP contribution in [0.5, 0.6) is 0 Å². The fourth-order valence-electron chi connectivity index (χ4n) is 2.72. The standard InChI is InChI=1S/C19H20ClNO2/c20-18-7-5-16(6-8-18)15-1-3-17(4-2-15)19(22)9-10-21-11-13-23-14-12-21/h1-8H,9-14H2. The van der Waals surface area contributed by atoms with Crippen LogP contribution >= 0.6 is 11.6 Å². The molecule has 0 saturated carbocycles. The molecular weight excluding hydrogens is 310 g/mol. The Hall–Kier alpha value is -1.68. The van der Waals surface area contributed by atoms with E-state index in [1.165, 1.54) is 0 Å². The van der Waals surface area contributed by atoms with Crippen molar-refractivity contribution < 1.29 is 9.53 Å². The number of ketones is 1. The minimum atomic E-state index is 0.194.